The summed E-state index contributed by atoms with van der Waals surface area (Å²) in [5, 5.41) is 1.58. The van der Waals surface area contributed by atoms with Crippen LogP contribution in [0.15, 0.2) is 9.17 Å². The molecule has 0 saturated heterocycles. The van der Waals surface area contributed by atoms with E-state index in [4.69, 9.17) is 0 Å². The van der Waals surface area contributed by atoms with Crippen molar-refractivity contribution in [2.75, 3.05) is 0 Å². The van der Waals surface area contributed by atoms with E-state index in [-0.39, 0.29) is 5.82 Å². The lowest BCUT2D eigenvalue weighted by atomic mass is 10.1. The van der Waals surface area contributed by atoms with Gasteiger partial charge in [-0.2, -0.15) is 0 Å². The third-order valence-electron chi connectivity index (χ3n) is 2.57. The van der Waals surface area contributed by atoms with Gasteiger partial charge < -0.3 is 0 Å². The van der Waals surface area contributed by atoms with Crippen LogP contribution in [0, 0.1) is 5.82 Å². The topological polar surface area (TPSA) is 0 Å². The smallest absolute Gasteiger partial charge is 0.138 e. The van der Waals surface area contributed by atoms with E-state index < -0.39 is 0 Å². The summed E-state index contributed by atoms with van der Waals surface area (Å²) >= 11 is 4.83. The van der Waals surface area contributed by atoms with Gasteiger partial charge in [-0.25, -0.2) is 4.39 Å². The number of hydrogen-bond donors (Lipinski definition) is 0. The molecule has 0 nitrogen and oxygen atoms in total. The summed E-state index contributed by atoms with van der Waals surface area (Å²) in [5.74, 6) is -0.0413. The van der Waals surface area contributed by atoms with Crippen LogP contribution in [0.25, 0.3) is 0 Å². The molecule has 0 radical (unpaired) electrons. The highest BCUT2D eigenvalue weighted by Crippen LogP contribution is 2.28. The van der Waals surface area contributed by atoms with E-state index in [1.54, 1.807) is 5.38 Å². The molecular formula is C12H18BrFS. The predicted molar refractivity (Wildman–Crippen MR) is 69.1 cm³/mol. The lowest BCUT2D eigenvalue weighted by molar-refractivity contribution is 0.583. The van der Waals surface area contributed by atoms with Crippen LogP contribution in [0.1, 0.15) is 51.0 Å². The Balaban J connectivity index is 2.15. The van der Waals surface area contributed by atoms with E-state index in [9.17, 15) is 4.39 Å². The minimum absolute atomic E-state index is 0.0413. The summed E-state index contributed by atoms with van der Waals surface area (Å²) in [6, 6.07) is 0. The van der Waals surface area contributed by atoms with Gasteiger partial charge in [0.2, 0.25) is 0 Å². The maximum atomic E-state index is 13.2. The van der Waals surface area contributed by atoms with Crippen LogP contribution >= 0.6 is 27.3 Å². The van der Waals surface area contributed by atoms with Gasteiger partial charge in [0, 0.05) is 10.9 Å². The van der Waals surface area contributed by atoms with Gasteiger partial charge in [0.25, 0.3) is 0 Å². The van der Waals surface area contributed by atoms with Crippen LogP contribution in [0.4, 0.5) is 4.39 Å². The van der Waals surface area contributed by atoms with E-state index in [1.807, 2.05) is 0 Å². The molecular weight excluding hydrogens is 275 g/mol. The Bertz CT molecular complexity index is 264. The number of thiophene rings is 1. The first-order valence-corrected chi connectivity index (χ1v) is 7.34. The monoisotopic (exact) mass is 292 g/mol. The van der Waals surface area contributed by atoms with E-state index in [0.717, 1.165) is 22.2 Å². The average Bonchev–Trinajstić information content (AvgIpc) is 2.54. The second-order valence-corrected chi connectivity index (χ2v) is 6.05. The minimum Gasteiger partial charge on any atom is -0.206 e. The van der Waals surface area contributed by atoms with Crippen molar-refractivity contribution in [1.82, 2.24) is 0 Å². The fourth-order valence-corrected chi connectivity index (χ4v) is 3.00. The molecule has 1 aromatic rings. The third-order valence-corrected chi connectivity index (χ3v) is 4.39. The molecule has 0 unspecified atom stereocenters. The first-order valence-electron chi connectivity index (χ1n) is 5.67. The minimum atomic E-state index is -0.0413. The van der Waals surface area contributed by atoms with Crippen molar-refractivity contribution < 1.29 is 4.39 Å². The third kappa shape index (κ3) is 4.64. The molecule has 1 heterocycles. The fourth-order valence-electron chi connectivity index (χ4n) is 1.64. The summed E-state index contributed by atoms with van der Waals surface area (Å²) in [5.41, 5.74) is 0.871. The van der Waals surface area contributed by atoms with Gasteiger partial charge in [0.15, 0.2) is 0 Å². The van der Waals surface area contributed by atoms with Gasteiger partial charge >= 0.3 is 0 Å². The largest absolute Gasteiger partial charge is 0.206 e. The lowest BCUT2D eigenvalue weighted by Crippen LogP contribution is -1.88. The molecule has 0 fully saturated rings. The molecule has 0 spiro atoms. The molecule has 1 aromatic heterocycles. The van der Waals surface area contributed by atoms with E-state index in [1.165, 1.54) is 43.4 Å². The highest BCUT2D eigenvalue weighted by atomic mass is 79.9. The van der Waals surface area contributed by atoms with Crippen molar-refractivity contribution in [3.63, 3.8) is 0 Å². The molecule has 0 aromatic carbocycles. The number of unbranched alkanes of at least 4 members (excludes halogenated alkanes) is 5. The lowest BCUT2D eigenvalue weighted by Gasteiger charge is -2.01. The van der Waals surface area contributed by atoms with Gasteiger partial charge in [0.1, 0.15) is 5.82 Å². The Kier molecular flexibility index (Phi) is 6.50. The van der Waals surface area contributed by atoms with E-state index in [2.05, 4.69) is 22.9 Å². The molecule has 0 atom stereocenters. The van der Waals surface area contributed by atoms with E-state index in [0.29, 0.717) is 0 Å². The van der Waals surface area contributed by atoms with Crippen LogP contribution in [-0.2, 0) is 6.42 Å². The molecule has 0 aliphatic carbocycles. The van der Waals surface area contributed by atoms with Gasteiger partial charge in [0.05, 0.1) is 3.79 Å². The molecule has 0 aliphatic heterocycles. The summed E-state index contributed by atoms with van der Waals surface area (Å²) < 4.78 is 14.2. The highest BCUT2D eigenvalue weighted by molar-refractivity contribution is 9.11. The van der Waals surface area contributed by atoms with Crippen molar-refractivity contribution in [2.24, 2.45) is 0 Å². The number of rotatable bonds is 7. The van der Waals surface area contributed by atoms with Gasteiger partial charge in [-0.1, -0.05) is 39.0 Å². The van der Waals surface area contributed by atoms with Crippen LogP contribution in [0.5, 0.6) is 0 Å². The SMILES string of the molecule is CCCCCCCCc1c(F)csc1Br. The van der Waals surface area contributed by atoms with Crippen LogP contribution < -0.4 is 0 Å². The fraction of sp³-hybridized carbons (Fsp3) is 0.667. The summed E-state index contributed by atoms with van der Waals surface area (Å²) in [4.78, 5) is 0. The van der Waals surface area contributed by atoms with Crippen LogP contribution in [0.2, 0.25) is 0 Å². The van der Waals surface area contributed by atoms with Crippen molar-refractivity contribution in [2.45, 2.75) is 51.9 Å². The zero-order chi connectivity index (χ0) is 11.1. The Morgan fingerprint density at radius 2 is 1.87 bits per heavy atom. The van der Waals surface area contributed by atoms with Crippen molar-refractivity contribution in [3.8, 4) is 0 Å². The van der Waals surface area contributed by atoms with Gasteiger partial charge in [-0.15, -0.1) is 11.3 Å². The molecule has 0 saturated carbocycles. The second kappa shape index (κ2) is 7.39. The molecule has 0 aliphatic rings. The normalized spacial score (nSPS) is 10.9. The summed E-state index contributed by atoms with van der Waals surface area (Å²) in [6.45, 7) is 2.22. The maximum Gasteiger partial charge on any atom is 0.138 e. The van der Waals surface area contributed by atoms with Crippen molar-refractivity contribution in [1.29, 1.82) is 0 Å². The molecule has 86 valence electrons. The summed E-state index contributed by atoms with van der Waals surface area (Å²) in [7, 11) is 0. The van der Waals surface area contributed by atoms with Crippen LogP contribution in [0.3, 0.4) is 0 Å². The van der Waals surface area contributed by atoms with Crippen LogP contribution in [-0.4, -0.2) is 0 Å². The Hall–Kier alpha value is 0.110. The first kappa shape index (κ1) is 13.2. The highest BCUT2D eigenvalue weighted by Gasteiger charge is 2.08. The molecule has 0 amide bonds. The maximum absolute atomic E-state index is 13.2. The average molecular weight is 293 g/mol. The second-order valence-electron chi connectivity index (χ2n) is 3.85. The molecule has 1 rings (SSSR count). The zero-order valence-corrected chi connectivity index (χ0v) is 11.6. The van der Waals surface area contributed by atoms with E-state index >= 15 is 0 Å². The molecule has 0 N–H and O–H groups in total. The predicted octanol–water partition coefficient (Wildman–Crippen LogP) is 5.55. The standard InChI is InChI=1S/C12H18BrFS/c1-2-3-4-5-6-7-8-10-11(14)9-15-12(10)13/h9H,2-8H2,1H3. The molecule has 15 heavy (non-hydrogen) atoms. The first-order chi connectivity index (χ1) is 7.25. The molecule has 0 bridgehead atoms. The van der Waals surface area contributed by atoms with Gasteiger partial charge in [-0.3, -0.25) is 0 Å². The number of halogens is 2. The Labute approximate surface area is 104 Å². The molecule has 3 heteroatoms. The quantitative estimate of drug-likeness (QED) is 0.578. The van der Waals surface area contributed by atoms with Gasteiger partial charge in [-0.05, 0) is 28.8 Å². The summed E-state index contributed by atoms with van der Waals surface area (Å²) in [6.07, 6.45) is 8.43. The zero-order valence-electron chi connectivity index (χ0n) is 9.19. The van der Waals surface area contributed by atoms with Crippen molar-refractivity contribution in [3.05, 3.63) is 20.5 Å². The van der Waals surface area contributed by atoms with Crippen molar-refractivity contribution >= 4 is 27.3 Å². The Morgan fingerprint density at radius 3 is 2.47 bits per heavy atom. The number of hydrogen-bond acceptors (Lipinski definition) is 1. The Morgan fingerprint density at radius 1 is 1.20 bits per heavy atom.